The number of halogens is 2. The summed E-state index contributed by atoms with van der Waals surface area (Å²) in [4.78, 5) is 12.0. The number of ether oxygens (including phenoxy) is 2. The van der Waals surface area contributed by atoms with Crippen molar-refractivity contribution in [3.05, 3.63) is 40.0 Å². The van der Waals surface area contributed by atoms with Gasteiger partial charge in [-0.1, -0.05) is 29.3 Å². The van der Waals surface area contributed by atoms with E-state index in [4.69, 9.17) is 37.9 Å². The van der Waals surface area contributed by atoms with Crippen LogP contribution in [-0.2, 0) is 14.3 Å². The van der Waals surface area contributed by atoms with Gasteiger partial charge in [0, 0.05) is 20.4 Å². The van der Waals surface area contributed by atoms with Crippen LogP contribution in [0.3, 0.4) is 0 Å². The first-order valence-electron chi connectivity index (χ1n) is 6.18. The Bertz CT molecular complexity index is 595. The molecule has 1 rings (SSSR count). The van der Waals surface area contributed by atoms with Gasteiger partial charge in [0.15, 0.2) is 6.29 Å². The van der Waals surface area contributed by atoms with Crippen LogP contribution in [0.15, 0.2) is 30.0 Å². The first kappa shape index (κ1) is 18.3. The Balaban J connectivity index is 2.72. The van der Waals surface area contributed by atoms with Crippen LogP contribution in [0, 0.1) is 11.3 Å². The summed E-state index contributed by atoms with van der Waals surface area (Å²) >= 11 is 11.8. The number of nitriles is 1. The number of amides is 1. The number of nitrogens with zero attached hydrogens (tertiary/aromatic N) is 1. The van der Waals surface area contributed by atoms with Gasteiger partial charge in [-0.2, -0.15) is 5.26 Å². The summed E-state index contributed by atoms with van der Waals surface area (Å²) in [6.07, 6.45) is 0.792. The average Bonchev–Trinajstić information content (AvgIpc) is 2.52. The van der Waals surface area contributed by atoms with Gasteiger partial charge in [0.2, 0.25) is 0 Å². The smallest absolute Gasteiger partial charge is 0.267 e. The molecule has 0 fully saturated rings. The fourth-order valence-electron chi connectivity index (χ4n) is 1.46. The van der Waals surface area contributed by atoms with E-state index in [1.807, 2.05) is 0 Å². The molecule has 0 aliphatic rings. The SMILES string of the molecule is COC(CN/C=C(/C#N)C(=O)Nc1cccc(Cl)c1Cl)OC. The predicted octanol–water partition coefficient (Wildman–Crippen LogP) is 2.55. The van der Waals surface area contributed by atoms with Crippen molar-refractivity contribution in [2.75, 3.05) is 26.1 Å². The number of nitrogens with one attached hydrogen (secondary N) is 2. The minimum Gasteiger partial charge on any atom is -0.385 e. The van der Waals surface area contributed by atoms with Gasteiger partial charge in [-0.3, -0.25) is 4.79 Å². The van der Waals surface area contributed by atoms with E-state index in [9.17, 15) is 4.79 Å². The number of hydrogen-bond acceptors (Lipinski definition) is 5. The Labute approximate surface area is 138 Å². The van der Waals surface area contributed by atoms with Gasteiger partial charge in [0.25, 0.3) is 5.91 Å². The molecule has 0 unspecified atom stereocenters. The van der Waals surface area contributed by atoms with Crippen molar-refractivity contribution in [3.8, 4) is 6.07 Å². The minimum atomic E-state index is -0.606. The molecule has 0 heterocycles. The minimum absolute atomic E-state index is 0.123. The lowest BCUT2D eigenvalue weighted by atomic mass is 10.2. The van der Waals surface area contributed by atoms with Crippen molar-refractivity contribution < 1.29 is 14.3 Å². The molecule has 118 valence electrons. The maximum atomic E-state index is 12.0. The van der Waals surface area contributed by atoms with Crippen molar-refractivity contribution in [1.29, 1.82) is 5.26 Å². The highest BCUT2D eigenvalue weighted by atomic mass is 35.5. The molecule has 0 atom stereocenters. The third-order valence-corrected chi connectivity index (χ3v) is 3.44. The summed E-state index contributed by atoms with van der Waals surface area (Å²) in [6.45, 7) is 0.281. The van der Waals surface area contributed by atoms with Crippen molar-refractivity contribution in [1.82, 2.24) is 5.32 Å². The van der Waals surface area contributed by atoms with Crippen molar-refractivity contribution >= 4 is 34.8 Å². The molecule has 0 saturated carbocycles. The first-order chi connectivity index (χ1) is 10.5. The molecule has 0 aliphatic heterocycles. The number of methoxy groups -OCH3 is 2. The van der Waals surface area contributed by atoms with E-state index in [-0.39, 0.29) is 17.1 Å². The third-order valence-electron chi connectivity index (χ3n) is 2.62. The molecule has 0 spiro atoms. The van der Waals surface area contributed by atoms with Gasteiger partial charge in [-0.25, -0.2) is 0 Å². The van der Waals surface area contributed by atoms with Gasteiger partial charge in [-0.05, 0) is 12.1 Å². The normalized spacial score (nSPS) is 11.2. The van der Waals surface area contributed by atoms with Crippen LogP contribution < -0.4 is 10.6 Å². The second kappa shape index (κ2) is 9.28. The average molecular weight is 344 g/mol. The fraction of sp³-hybridized carbons (Fsp3) is 0.286. The Hall–Kier alpha value is -1.78. The lowest BCUT2D eigenvalue weighted by Crippen LogP contribution is -2.27. The molecule has 2 N–H and O–H groups in total. The number of carbonyl (C=O) groups is 1. The highest BCUT2D eigenvalue weighted by Crippen LogP contribution is 2.29. The van der Waals surface area contributed by atoms with Crippen LogP contribution in [0.2, 0.25) is 10.0 Å². The Kier molecular flexibility index (Phi) is 7.71. The van der Waals surface area contributed by atoms with Crippen molar-refractivity contribution in [2.45, 2.75) is 6.29 Å². The number of benzene rings is 1. The van der Waals surface area contributed by atoms with E-state index < -0.39 is 12.2 Å². The van der Waals surface area contributed by atoms with Crippen LogP contribution in [0.1, 0.15) is 0 Å². The number of carbonyl (C=O) groups excluding carboxylic acids is 1. The molecule has 6 nitrogen and oxygen atoms in total. The standard InChI is InChI=1S/C14H15Cl2N3O3/c1-21-12(22-2)8-18-7-9(6-17)14(20)19-11-5-3-4-10(15)13(11)16/h3-5,7,12,18H,8H2,1-2H3,(H,19,20)/b9-7-. The Morgan fingerprint density at radius 3 is 2.68 bits per heavy atom. The van der Waals surface area contributed by atoms with Crippen molar-refractivity contribution in [3.63, 3.8) is 0 Å². The maximum absolute atomic E-state index is 12.0. The number of rotatable bonds is 7. The molecule has 1 amide bonds. The molecular weight excluding hydrogens is 329 g/mol. The van der Waals surface area contributed by atoms with Crippen LogP contribution in [-0.4, -0.2) is 33.0 Å². The fourth-order valence-corrected chi connectivity index (χ4v) is 1.81. The molecule has 1 aromatic rings. The Morgan fingerprint density at radius 1 is 1.41 bits per heavy atom. The van der Waals surface area contributed by atoms with Crippen LogP contribution >= 0.6 is 23.2 Å². The summed E-state index contributed by atoms with van der Waals surface area (Å²) in [7, 11) is 2.97. The predicted molar refractivity (Wildman–Crippen MR) is 84.6 cm³/mol. The second-order valence-corrected chi connectivity index (χ2v) is 4.82. The van der Waals surface area contributed by atoms with Crippen LogP contribution in [0.5, 0.6) is 0 Å². The van der Waals surface area contributed by atoms with E-state index in [1.54, 1.807) is 24.3 Å². The zero-order valence-electron chi connectivity index (χ0n) is 12.0. The van der Waals surface area contributed by atoms with Crippen LogP contribution in [0.4, 0.5) is 5.69 Å². The molecule has 22 heavy (non-hydrogen) atoms. The molecule has 0 aliphatic carbocycles. The molecule has 8 heteroatoms. The molecule has 0 bridgehead atoms. The van der Waals surface area contributed by atoms with Gasteiger partial charge >= 0.3 is 0 Å². The van der Waals surface area contributed by atoms with E-state index in [2.05, 4.69) is 10.6 Å². The molecule has 1 aromatic carbocycles. The summed E-state index contributed by atoms with van der Waals surface area (Å²) in [5.41, 5.74) is 0.203. The monoisotopic (exact) mass is 343 g/mol. The maximum Gasteiger partial charge on any atom is 0.267 e. The zero-order valence-corrected chi connectivity index (χ0v) is 13.5. The van der Waals surface area contributed by atoms with E-state index in [0.717, 1.165) is 0 Å². The number of anilines is 1. The molecule has 0 saturated heterocycles. The zero-order chi connectivity index (χ0) is 16.5. The lowest BCUT2D eigenvalue weighted by molar-refractivity contribution is -0.112. The first-order valence-corrected chi connectivity index (χ1v) is 6.93. The van der Waals surface area contributed by atoms with E-state index in [1.165, 1.54) is 20.4 Å². The molecule has 0 radical (unpaired) electrons. The summed E-state index contributed by atoms with van der Waals surface area (Å²) < 4.78 is 9.94. The summed E-state index contributed by atoms with van der Waals surface area (Å²) in [6, 6.07) is 6.61. The summed E-state index contributed by atoms with van der Waals surface area (Å²) in [5.74, 6) is -0.606. The van der Waals surface area contributed by atoms with Gasteiger partial charge in [0.1, 0.15) is 11.6 Å². The van der Waals surface area contributed by atoms with Gasteiger partial charge < -0.3 is 20.1 Å². The van der Waals surface area contributed by atoms with Crippen molar-refractivity contribution in [2.24, 2.45) is 0 Å². The largest absolute Gasteiger partial charge is 0.385 e. The summed E-state index contributed by atoms with van der Waals surface area (Å²) in [5, 5.41) is 14.9. The number of hydrogen-bond donors (Lipinski definition) is 2. The van der Waals surface area contributed by atoms with E-state index >= 15 is 0 Å². The van der Waals surface area contributed by atoms with Gasteiger partial charge in [0.05, 0.1) is 22.3 Å². The second-order valence-electron chi connectivity index (χ2n) is 4.03. The van der Waals surface area contributed by atoms with Gasteiger partial charge in [-0.15, -0.1) is 0 Å². The molecule has 0 aromatic heterocycles. The van der Waals surface area contributed by atoms with E-state index in [0.29, 0.717) is 10.7 Å². The topological polar surface area (TPSA) is 83.4 Å². The lowest BCUT2D eigenvalue weighted by Gasteiger charge is -2.13. The van der Waals surface area contributed by atoms with Crippen LogP contribution in [0.25, 0.3) is 0 Å². The Morgan fingerprint density at radius 2 is 2.09 bits per heavy atom. The highest BCUT2D eigenvalue weighted by Gasteiger charge is 2.13. The third kappa shape index (κ3) is 5.20. The molecular formula is C14H15Cl2N3O3. The quantitative estimate of drug-likeness (QED) is 0.451. The highest BCUT2D eigenvalue weighted by molar-refractivity contribution is 6.44.